The number of halogens is 1. The molecule has 21 heavy (non-hydrogen) atoms. The molecule has 0 unspecified atom stereocenters. The molecule has 0 amide bonds. The second-order valence-corrected chi connectivity index (χ2v) is 6.04. The largest absolute Gasteiger partial charge is 0.382 e. The average molecular weight is 292 g/mol. The Bertz CT molecular complexity index is 540. The van der Waals surface area contributed by atoms with Crippen LogP contribution in [0.2, 0.25) is 0 Å². The van der Waals surface area contributed by atoms with E-state index in [1.807, 2.05) is 13.8 Å². The van der Waals surface area contributed by atoms with E-state index in [-0.39, 0.29) is 17.5 Å². The summed E-state index contributed by atoms with van der Waals surface area (Å²) in [5.74, 6) is -0.315. The zero-order chi connectivity index (χ0) is 15.5. The molecule has 114 valence electrons. The van der Waals surface area contributed by atoms with Crippen LogP contribution in [0, 0.1) is 17.1 Å². The average Bonchev–Trinajstić information content (AvgIpc) is 2.37. The molecule has 1 aliphatic heterocycles. The Kier molecular flexibility index (Phi) is 4.94. The summed E-state index contributed by atoms with van der Waals surface area (Å²) in [6.07, 6.45) is -0.0159. The lowest BCUT2D eigenvalue weighted by Crippen LogP contribution is -2.53. The van der Waals surface area contributed by atoms with Gasteiger partial charge in [0.1, 0.15) is 5.82 Å². The normalized spacial score (nSPS) is 22.0. The van der Waals surface area contributed by atoms with Crippen LogP contribution in [0.5, 0.6) is 0 Å². The molecule has 1 atom stereocenters. The first-order valence-electron chi connectivity index (χ1n) is 7.01. The number of methoxy groups -OCH3 is 1. The van der Waals surface area contributed by atoms with Crippen LogP contribution in [-0.4, -0.2) is 43.4 Å². The van der Waals surface area contributed by atoms with Crippen molar-refractivity contribution >= 4 is 0 Å². The quantitative estimate of drug-likeness (QED) is 0.854. The summed E-state index contributed by atoms with van der Waals surface area (Å²) in [4.78, 5) is 2.18. The van der Waals surface area contributed by atoms with E-state index in [0.29, 0.717) is 30.8 Å². The van der Waals surface area contributed by atoms with Crippen molar-refractivity contribution in [1.29, 1.82) is 5.26 Å². The maximum atomic E-state index is 13.4. The Balaban J connectivity index is 2.15. The first-order valence-corrected chi connectivity index (χ1v) is 7.01. The van der Waals surface area contributed by atoms with Gasteiger partial charge in [-0.05, 0) is 37.6 Å². The highest BCUT2D eigenvalue weighted by Gasteiger charge is 2.33. The second-order valence-electron chi connectivity index (χ2n) is 6.04. The van der Waals surface area contributed by atoms with E-state index in [0.717, 1.165) is 6.54 Å². The highest BCUT2D eigenvalue weighted by molar-refractivity contribution is 5.37. The molecular weight excluding hydrogens is 271 g/mol. The van der Waals surface area contributed by atoms with E-state index < -0.39 is 0 Å². The smallest absolute Gasteiger partial charge is 0.123 e. The first-order chi connectivity index (χ1) is 9.93. The van der Waals surface area contributed by atoms with Gasteiger partial charge in [-0.2, -0.15) is 5.26 Å². The molecule has 0 N–H and O–H groups in total. The Morgan fingerprint density at radius 1 is 1.52 bits per heavy atom. The van der Waals surface area contributed by atoms with Crippen molar-refractivity contribution in [2.75, 3.05) is 26.8 Å². The van der Waals surface area contributed by atoms with Crippen LogP contribution in [0.25, 0.3) is 0 Å². The number of hydrogen-bond acceptors (Lipinski definition) is 4. The van der Waals surface area contributed by atoms with Gasteiger partial charge in [0, 0.05) is 26.7 Å². The van der Waals surface area contributed by atoms with E-state index in [4.69, 9.17) is 14.7 Å². The fourth-order valence-corrected chi connectivity index (χ4v) is 2.85. The van der Waals surface area contributed by atoms with Crippen molar-refractivity contribution in [2.24, 2.45) is 0 Å². The third-order valence-electron chi connectivity index (χ3n) is 3.49. The van der Waals surface area contributed by atoms with Crippen LogP contribution >= 0.6 is 0 Å². The molecule has 0 spiro atoms. The monoisotopic (exact) mass is 292 g/mol. The molecule has 0 aromatic heterocycles. The van der Waals surface area contributed by atoms with Crippen LogP contribution in [0.1, 0.15) is 25.0 Å². The molecule has 0 saturated carbocycles. The second kappa shape index (κ2) is 6.52. The van der Waals surface area contributed by atoms with E-state index in [2.05, 4.69) is 11.0 Å². The molecule has 0 aliphatic carbocycles. The van der Waals surface area contributed by atoms with Crippen LogP contribution in [0.3, 0.4) is 0 Å². The highest BCUT2D eigenvalue weighted by Crippen LogP contribution is 2.23. The van der Waals surface area contributed by atoms with Crippen LogP contribution in [-0.2, 0) is 16.0 Å². The molecular formula is C16H21FN2O2. The highest BCUT2D eigenvalue weighted by atomic mass is 19.1. The molecule has 0 bridgehead atoms. The number of nitrogens with zero attached hydrogens (tertiary/aromatic N) is 2. The molecule has 4 nitrogen and oxygen atoms in total. The fourth-order valence-electron chi connectivity index (χ4n) is 2.85. The molecule has 1 aromatic carbocycles. The van der Waals surface area contributed by atoms with Crippen molar-refractivity contribution in [3.8, 4) is 6.07 Å². The molecule has 1 heterocycles. The van der Waals surface area contributed by atoms with Crippen molar-refractivity contribution in [2.45, 2.75) is 32.1 Å². The SMILES string of the molecule is COC[C@H]1CN(Cc2cc(F)ccc2C#N)CC(C)(C)O1. The van der Waals surface area contributed by atoms with Crippen molar-refractivity contribution in [1.82, 2.24) is 4.90 Å². The minimum absolute atomic E-state index is 0.0159. The molecule has 1 saturated heterocycles. The number of ether oxygens (including phenoxy) is 2. The third kappa shape index (κ3) is 4.24. The van der Waals surface area contributed by atoms with Gasteiger partial charge in [0.05, 0.1) is 29.9 Å². The maximum absolute atomic E-state index is 13.4. The number of hydrogen-bond donors (Lipinski definition) is 0. The molecule has 0 radical (unpaired) electrons. The standard InChI is InChI=1S/C16H21FN2O2/c1-16(2)11-19(9-15(21-16)10-20-3)8-13-6-14(17)5-4-12(13)7-18/h4-6,15H,8-11H2,1-3H3/t15-/m1/s1. The number of rotatable bonds is 4. The lowest BCUT2D eigenvalue weighted by atomic mass is 10.0. The Morgan fingerprint density at radius 3 is 2.95 bits per heavy atom. The maximum Gasteiger partial charge on any atom is 0.123 e. The molecule has 1 fully saturated rings. The van der Waals surface area contributed by atoms with Crippen LogP contribution in [0.15, 0.2) is 18.2 Å². The Labute approximate surface area is 125 Å². The fraction of sp³-hybridized carbons (Fsp3) is 0.562. The molecule has 1 aromatic rings. The Hall–Kier alpha value is -1.48. The third-order valence-corrected chi connectivity index (χ3v) is 3.49. The van der Waals surface area contributed by atoms with Crippen molar-refractivity contribution in [3.63, 3.8) is 0 Å². The summed E-state index contributed by atoms with van der Waals surface area (Å²) in [6, 6.07) is 6.41. The predicted molar refractivity (Wildman–Crippen MR) is 77.2 cm³/mol. The Morgan fingerprint density at radius 2 is 2.29 bits per heavy atom. The number of nitriles is 1. The first kappa shape index (κ1) is 15.9. The molecule has 2 rings (SSSR count). The van der Waals surface area contributed by atoms with E-state index in [9.17, 15) is 4.39 Å². The lowest BCUT2D eigenvalue weighted by Gasteiger charge is -2.42. The van der Waals surface area contributed by atoms with Crippen LogP contribution < -0.4 is 0 Å². The van der Waals surface area contributed by atoms with Gasteiger partial charge in [0.15, 0.2) is 0 Å². The van der Waals surface area contributed by atoms with Gasteiger partial charge in [0.25, 0.3) is 0 Å². The van der Waals surface area contributed by atoms with E-state index in [1.54, 1.807) is 7.11 Å². The van der Waals surface area contributed by atoms with Gasteiger partial charge < -0.3 is 9.47 Å². The predicted octanol–water partition coefficient (Wildman–Crippen LogP) is 2.32. The van der Waals surface area contributed by atoms with Gasteiger partial charge in [-0.1, -0.05) is 0 Å². The van der Waals surface area contributed by atoms with Gasteiger partial charge >= 0.3 is 0 Å². The summed E-state index contributed by atoms with van der Waals surface area (Å²) in [5.41, 5.74) is 0.942. The topological polar surface area (TPSA) is 45.5 Å². The number of benzene rings is 1. The minimum Gasteiger partial charge on any atom is -0.382 e. The lowest BCUT2D eigenvalue weighted by molar-refractivity contribution is -0.154. The van der Waals surface area contributed by atoms with Gasteiger partial charge in [-0.3, -0.25) is 4.90 Å². The zero-order valence-corrected chi connectivity index (χ0v) is 12.7. The summed E-state index contributed by atoms with van der Waals surface area (Å²) in [6.45, 7) is 6.55. The summed E-state index contributed by atoms with van der Waals surface area (Å²) in [7, 11) is 1.65. The summed E-state index contributed by atoms with van der Waals surface area (Å²) < 4.78 is 24.5. The van der Waals surface area contributed by atoms with Gasteiger partial charge in [0.2, 0.25) is 0 Å². The van der Waals surface area contributed by atoms with E-state index in [1.165, 1.54) is 18.2 Å². The zero-order valence-electron chi connectivity index (χ0n) is 12.7. The van der Waals surface area contributed by atoms with Crippen LogP contribution in [0.4, 0.5) is 4.39 Å². The summed E-state index contributed by atoms with van der Waals surface area (Å²) in [5, 5.41) is 9.14. The minimum atomic E-state index is -0.315. The van der Waals surface area contributed by atoms with Crippen molar-refractivity contribution in [3.05, 3.63) is 35.1 Å². The van der Waals surface area contributed by atoms with Gasteiger partial charge in [-0.15, -0.1) is 0 Å². The van der Waals surface area contributed by atoms with Crippen molar-refractivity contribution < 1.29 is 13.9 Å². The molecule has 1 aliphatic rings. The molecule has 5 heteroatoms. The summed E-state index contributed by atoms with van der Waals surface area (Å²) >= 11 is 0. The number of morpholine rings is 1. The van der Waals surface area contributed by atoms with Gasteiger partial charge in [-0.25, -0.2) is 4.39 Å². The van der Waals surface area contributed by atoms with E-state index >= 15 is 0 Å².